The molecule has 0 bridgehead atoms. The minimum Gasteiger partial charge on any atom is -0.350 e. The number of aromatic nitrogens is 3. The summed E-state index contributed by atoms with van der Waals surface area (Å²) < 4.78 is 2.09. The first-order valence-electron chi connectivity index (χ1n) is 10.2. The molecule has 2 fully saturated rings. The fraction of sp³-hybridized carbons (Fsp3) is 0.409. The number of rotatable bonds is 6. The Labute approximate surface area is 164 Å². The molecule has 6 heteroatoms. The second-order valence-corrected chi connectivity index (χ2v) is 7.88. The molecule has 1 aliphatic carbocycles. The summed E-state index contributed by atoms with van der Waals surface area (Å²) in [5.41, 5.74) is 2.49. The van der Waals surface area contributed by atoms with Gasteiger partial charge in [0, 0.05) is 25.5 Å². The molecule has 1 unspecified atom stereocenters. The van der Waals surface area contributed by atoms with Crippen LogP contribution in [0.5, 0.6) is 0 Å². The van der Waals surface area contributed by atoms with Crippen molar-refractivity contribution in [2.24, 2.45) is 5.92 Å². The van der Waals surface area contributed by atoms with Crippen LogP contribution in [0.1, 0.15) is 53.7 Å². The topological polar surface area (TPSA) is 62.5 Å². The lowest BCUT2D eigenvalue weighted by molar-refractivity contribution is 0.0948. The standard InChI is InChI=1S/C22H25N5O/c28-22(24-14-16-9-10-16)20-18-7-2-4-13-27(18)21(25-20)19-8-5-12-26(19)15-17-6-1-3-11-23-17/h1-4,6-7,11,13,16,19H,5,8-10,12,14-15H2,(H,24,28). The SMILES string of the molecule is O=C(NCC1CC1)c1nc(C2CCCN2Cc2ccccn2)n2ccccc12. The van der Waals surface area contributed by atoms with Crippen molar-refractivity contribution in [3.63, 3.8) is 0 Å². The van der Waals surface area contributed by atoms with E-state index in [-0.39, 0.29) is 11.9 Å². The molecule has 3 aromatic rings. The summed E-state index contributed by atoms with van der Waals surface area (Å²) in [7, 11) is 0. The van der Waals surface area contributed by atoms with Crippen molar-refractivity contribution in [2.45, 2.75) is 38.3 Å². The third kappa shape index (κ3) is 3.40. The Bertz CT molecular complexity index is 979. The van der Waals surface area contributed by atoms with Crippen molar-refractivity contribution >= 4 is 11.4 Å². The Kier molecular flexibility index (Phi) is 4.56. The third-order valence-corrected chi connectivity index (χ3v) is 5.79. The molecule has 0 spiro atoms. The molecule has 2 aliphatic rings. The summed E-state index contributed by atoms with van der Waals surface area (Å²) in [5, 5.41) is 3.07. The van der Waals surface area contributed by atoms with Crippen molar-refractivity contribution in [1.82, 2.24) is 24.6 Å². The van der Waals surface area contributed by atoms with Gasteiger partial charge in [0.25, 0.3) is 5.91 Å². The number of fused-ring (bicyclic) bond motifs is 1. The van der Waals surface area contributed by atoms with Gasteiger partial charge in [-0.05, 0) is 62.4 Å². The van der Waals surface area contributed by atoms with Gasteiger partial charge < -0.3 is 9.72 Å². The van der Waals surface area contributed by atoms with E-state index in [0.717, 1.165) is 49.5 Å². The van der Waals surface area contributed by atoms with Gasteiger partial charge in [-0.25, -0.2) is 4.98 Å². The number of nitrogens with one attached hydrogen (secondary N) is 1. The zero-order valence-corrected chi connectivity index (χ0v) is 15.9. The van der Waals surface area contributed by atoms with Crippen molar-refractivity contribution < 1.29 is 4.79 Å². The van der Waals surface area contributed by atoms with Gasteiger partial charge in [-0.3, -0.25) is 14.7 Å². The molecule has 5 rings (SSSR count). The number of carbonyl (C=O) groups excluding carboxylic acids is 1. The van der Waals surface area contributed by atoms with Gasteiger partial charge in [-0.1, -0.05) is 12.1 Å². The van der Waals surface area contributed by atoms with E-state index in [2.05, 4.69) is 25.7 Å². The Morgan fingerprint density at radius 2 is 2.04 bits per heavy atom. The molecule has 1 aliphatic heterocycles. The molecule has 144 valence electrons. The maximum absolute atomic E-state index is 12.8. The summed E-state index contributed by atoms with van der Waals surface area (Å²) in [6.07, 6.45) is 8.48. The Hall–Kier alpha value is -2.73. The zero-order chi connectivity index (χ0) is 18.9. The van der Waals surface area contributed by atoms with Crippen LogP contribution in [0, 0.1) is 5.92 Å². The predicted octanol–water partition coefficient (Wildman–Crippen LogP) is 3.21. The van der Waals surface area contributed by atoms with Crippen LogP contribution < -0.4 is 5.32 Å². The van der Waals surface area contributed by atoms with E-state index in [1.165, 1.54) is 12.8 Å². The van der Waals surface area contributed by atoms with Gasteiger partial charge in [0.2, 0.25) is 0 Å². The van der Waals surface area contributed by atoms with Crippen LogP contribution in [-0.4, -0.2) is 38.3 Å². The van der Waals surface area contributed by atoms with Crippen LogP contribution in [-0.2, 0) is 6.54 Å². The molecule has 1 atom stereocenters. The maximum atomic E-state index is 12.8. The highest BCUT2D eigenvalue weighted by Crippen LogP contribution is 2.33. The molecule has 28 heavy (non-hydrogen) atoms. The maximum Gasteiger partial charge on any atom is 0.272 e. The number of carbonyl (C=O) groups is 1. The lowest BCUT2D eigenvalue weighted by Gasteiger charge is -2.23. The highest BCUT2D eigenvalue weighted by Gasteiger charge is 2.31. The normalized spacial score (nSPS) is 19.9. The second kappa shape index (κ2) is 7.36. The van der Waals surface area contributed by atoms with Crippen molar-refractivity contribution in [1.29, 1.82) is 0 Å². The second-order valence-electron chi connectivity index (χ2n) is 7.88. The van der Waals surface area contributed by atoms with Crippen molar-refractivity contribution in [2.75, 3.05) is 13.1 Å². The van der Waals surface area contributed by atoms with Crippen LogP contribution in [0.3, 0.4) is 0 Å². The van der Waals surface area contributed by atoms with Gasteiger partial charge in [-0.15, -0.1) is 0 Å². The molecule has 1 saturated heterocycles. The molecule has 4 heterocycles. The van der Waals surface area contributed by atoms with Gasteiger partial charge >= 0.3 is 0 Å². The lowest BCUT2D eigenvalue weighted by Crippen LogP contribution is -2.26. The molecular formula is C22H25N5O. The Balaban J connectivity index is 1.45. The van der Waals surface area contributed by atoms with Crippen molar-refractivity contribution in [3.8, 4) is 0 Å². The molecule has 1 amide bonds. The van der Waals surface area contributed by atoms with Crippen LogP contribution in [0.2, 0.25) is 0 Å². The van der Waals surface area contributed by atoms with Crippen LogP contribution >= 0.6 is 0 Å². The first-order chi connectivity index (χ1) is 13.8. The van der Waals surface area contributed by atoms with E-state index in [0.29, 0.717) is 11.6 Å². The zero-order valence-electron chi connectivity index (χ0n) is 15.9. The molecule has 6 nitrogen and oxygen atoms in total. The van der Waals surface area contributed by atoms with E-state index in [1.807, 2.05) is 42.7 Å². The summed E-state index contributed by atoms with van der Waals surface area (Å²) in [6, 6.07) is 12.2. The fourth-order valence-corrected chi connectivity index (χ4v) is 4.11. The number of imidazole rings is 1. The van der Waals surface area contributed by atoms with Crippen LogP contribution in [0.4, 0.5) is 0 Å². The van der Waals surface area contributed by atoms with Gasteiger partial charge in [-0.2, -0.15) is 0 Å². The summed E-state index contributed by atoms with van der Waals surface area (Å²) in [4.78, 5) is 24.5. The van der Waals surface area contributed by atoms with E-state index in [1.54, 1.807) is 0 Å². The summed E-state index contributed by atoms with van der Waals surface area (Å²) in [5.74, 6) is 1.55. The van der Waals surface area contributed by atoms with Gasteiger partial charge in [0.15, 0.2) is 5.69 Å². The van der Waals surface area contributed by atoms with Gasteiger partial charge in [0.1, 0.15) is 5.82 Å². The minimum absolute atomic E-state index is 0.0591. The lowest BCUT2D eigenvalue weighted by atomic mass is 10.2. The van der Waals surface area contributed by atoms with Gasteiger partial charge in [0.05, 0.1) is 17.3 Å². The number of likely N-dealkylation sites (tertiary alicyclic amines) is 1. The molecular weight excluding hydrogens is 350 g/mol. The molecule has 1 saturated carbocycles. The van der Waals surface area contributed by atoms with E-state index >= 15 is 0 Å². The van der Waals surface area contributed by atoms with Crippen LogP contribution in [0.15, 0.2) is 48.8 Å². The largest absolute Gasteiger partial charge is 0.350 e. The average Bonchev–Trinajstić information content (AvgIpc) is 3.33. The number of amides is 1. The van der Waals surface area contributed by atoms with Crippen LogP contribution in [0.25, 0.3) is 5.52 Å². The molecule has 0 radical (unpaired) electrons. The number of hydrogen-bond donors (Lipinski definition) is 1. The molecule has 0 aromatic carbocycles. The first kappa shape index (κ1) is 17.4. The van der Waals surface area contributed by atoms with Crippen molar-refractivity contribution in [3.05, 3.63) is 66.0 Å². The number of pyridine rings is 2. The van der Waals surface area contributed by atoms with E-state index in [9.17, 15) is 4.79 Å². The summed E-state index contributed by atoms with van der Waals surface area (Å²) >= 11 is 0. The summed E-state index contributed by atoms with van der Waals surface area (Å²) in [6.45, 7) is 2.58. The highest BCUT2D eigenvalue weighted by atomic mass is 16.1. The number of nitrogens with zero attached hydrogens (tertiary/aromatic N) is 4. The Morgan fingerprint density at radius 3 is 2.86 bits per heavy atom. The quantitative estimate of drug-likeness (QED) is 0.719. The molecule has 3 aromatic heterocycles. The molecule has 1 N–H and O–H groups in total. The average molecular weight is 375 g/mol. The highest BCUT2D eigenvalue weighted by molar-refractivity contribution is 5.99. The van der Waals surface area contributed by atoms with E-state index in [4.69, 9.17) is 4.98 Å². The third-order valence-electron chi connectivity index (χ3n) is 5.79. The minimum atomic E-state index is -0.0591. The predicted molar refractivity (Wildman–Crippen MR) is 107 cm³/mol. The smallest absolute Gasteiger partial charge is 0.272 e. The Morgan fingerprint density at radius 1 is 1.14 bits per heavy atom. The number of hydrogen-bond acceptors (Lipinski definition) is 4. The van der Waals surface area contributed by atoms with E-state index < -0.39 is 0 Å². The first-order valence-corrected chi connectivity index (χ1v) is 10.2. The fourth-order valence-electron chi connectivity index (χ4n) is 4.11. The monoisotopic (exact) mass is 375 g/mol.